The van der Waals surface area contributed by atoms with Crippen LogP contribution in [0.1, 0.15) is 24.7 Å². The van der Waals surface area contributed by atoms with Gasteiger partial charge in [0.25, 0.3) is 0 Å². The Labute approximate surface area is 193 Å². The zero-order valence-electron chi connectivity index (χ0n) is 17.4. The predicted molar refractivity (Wildman–Crippen MR) is 130 cm³/mol. The van der Waals surface area contributed by atoms with Gasteiger partial charge in [-0.25, -0.2) is 4.98 Å². The van der Waals surface area contributed by atoms with Gasteiger partial charge in [-0.1, -0.05) is 42.0 Å². The van der Waals surface area contributed by atoms with Crippen molar-refractivity contribution in [2.24, 2.45) is 0 Å². The second-order valence-corrected chi connectivity index (χ2v) is 8.53. The Bertz CT molecular complexity index is 1340. The fourth-order valence-electron chi connectivity index (χ4n) is 2.95. The van der Waals surface area contributed by atoms with E-state index in [2.05, 4.69) is 15.6 Å². The van der Waals surface area contributed by atoms with E-state index >= 15 is 0 Å². The number of anilines is 2. The number of carbonyl (C=O) groups is 2. The molecule has 32 heavy (non-hydrogen) atoms. The molecule has 0 unspecified atom stereocenters. The molecule has 0 saturated heterocycles. The van der Waals surface area contributed by atoms with Gasteiger partial charge < -0.3 is 15.1 Å². The minimum absolute atomic E-state index is 0.0886. The summed E-state index contributed by atoms with van der Waals surface area (Å²) in [5, 5.41) is 6.79. The maximum atomic E-state index is 12.3. The third kappa shape index (κ3) is 5.07. The fourth-order valence-corrected chi connectivity index (χ4v) is 4.05. The molecular weight excluding hydrogens is 446 g/mol. The summed E-state index contributed by atoms with van der Waals surface area (Å²) in [6.45, 7) is 3.72. The van der Waals surface area contributed by atoms with Gasteiger partial charge in [-0.3, -0.25) is 9.59 Å². The highest BCUT2D eigenvalue weighted by Gasteiger charge is 2.09. The van der Waals surface area contributed by atoms with E-state index in [1.165, 1.54) is 17.4 Å². The highest BCUT2D eigenvalue weighted by molar-refractivity contribution is 7.22. The molecule has 0 fully saturated rings. The SMILES string of the molecule is CCC(=O)Nc1nc2ccc(NC(=O)/C=C/c3ccc(-c4ccc(C)c(Cl)c4)o3)cc2s1. The number of aryl methyl sites for hydroxylation is 1. The number of rotatable bonds is 6. The molecule has 8 heteroatoms. The first kappa shape index (κ1) is 21.8. The monoisotopic (exact) mass is 465 g/mol. The molecule has 2 aromatic heterocycles. The largest absolute Gasteiger partial charge is 0.457 e. The highest BCUT2D eigenvalue weighted by atomic mass is 35.5. The van der Waals surface area contributed by atoms with Crippen molar-refractivity contribution >= 4 is 61.9 Å². The van der Waals surface area contributed by atoms with Crippen molar-refractivity contribution in [2.75, 3.05) is 10.6 Å². The normalized spacial score (nSPS) is 11.2. The summed E-state index contributed by atoms with van der Waals surface area (Å²) in [5.41, 5.74) is 3.27. The van der Waals surface area contributed by atoms with Crippen LogP contribution in [0.25, 0.3) is 27.6 Å². The predicted octanol–water partition coefficient (Wildman–Crippen LogP) is 6.52. The maximum absolute atomic E-state index is 12.3. The van der Waals surface area contributed by atoms with E-state index < -0.39 is 0 Å². The van der Waals surface area contributed by atoms with E-state index in [-0.39, 0.29) is 11.8 Å². The number of nitrogens with zero attached hydrogens (tertiary/aromatic N) is 1. The van der Waals surface area contributed by atoms with E-state index in [0.29, 0.717) is 33.8 Å². The number of fused-ring (bicyclic) bond motifs is 1. The van der Waals surface area contributed by atoms with Crippen LogP contribution in [-0.2, 0) is 9.59 Å². The summed E-state index contributed by atoms with van der Waals surface area (Å²) in [5.74, 6) is 0.855. The molecule has 6 nitrogen and oxygen atoms in total. The van der Waals surface area contributed by atoms with E-state index in [0.717, 1.165) is 21.3 Å². The number of halogens is 1. The van der Waals surface area contributed by atoms with Gasteiger partial charge in [0.15, 0.2) is 5.13 Å². The highest BCUT2D eigenvalue weighted by Crippen LogP contribution is 2.29. The molecule has 4 rings (SSSR count). The Hall–Kier alpha value is -3.42. The smallest absolute Gasteiger partial charge is 0.248 e. The Balaban J connectivity index is 1.42. The molecule has 2 aromatic carbocycles. The number of aromatic nitrogens is 1. The minimum atomic E-state index is -0.287. The lowest BCUT2D eigenvalue weighted by Gasteiger charge is -2.01. The van der Waals surface area contributed by atoms with Crippen molar-refractivity contribution in [3.63, 3.8) is 0 Å². The summed E-state index contributed by atoms with van der Waals surface area (Å²) < 4.78 is 6.67. The standard InChI is InChI=1S/C24H20ClN3O3S/c1-3-22(29)28-24-27-19-9-6-16(13-21(19)32-24)26-23(30)11-8-17-7-10-20(31-17)15-5-4-14(2)18(25)12-15/h4-13H,3H2,1-2H3,(H,26,30)(H,27,28,29)/b11-8+. The molecule has 0 spiro atoms. The molecule has 2 amide bonds. The van der Waals surface area contributed by atoms with Crippen molar-refractivity contribution < 1.29 is 14.0 Å². The number of carbonyl (C=O) groups excluding carboxylic acids is 2. The molecule has 0 aliphatic heterocycles. The van der Waals surface area contributed by atoms with E-state index in [4.69, 9.17) is 16.0 Å². The van der Waals surface area contributed by atoms with E-state index in [9.17, 15) is 9.59 Å². The van der Waals surface area contributed by atoms with Crippen LogP contribution in [-0.4, -0.2) is 16.8 Å². The Kier molecular flexibility index (Phi) is 6.39. The Morgan fingerprint density at radius 1 is 1.12 bits per heavy atom. The van der Waals surface area contributed by atoms with Gasteiger partial charge in [0, 0.05) is 28.8 Å². The zero-order chi connectivity index (χ0) is 22.7. The first-order valence-corrected chi connectivity index (χ1v) is 11.2. The van der Waals surface area contributed by atoms with Crippen molar-refractivity contribution in [1.82, 2.24) is 4.98 Å². The Morgan fingerprint density at radius 3 is 2.75 bits per heavy atom. The molecule has 0 atom stereocenters. The summed E-state index contributed by atoms with van der Waals surface area (Å²) in [6.07, 6.45) is 3.41. The minimum Gasteiger partial charge on any atom is -0.457 e. The van der Waals surface area contributed by atoms with Crippen molar-refractivity contribution in [3.8, 4) is 11.3 Å². The number of benzene rings is 2. The molecule has 0 aliphatic rings. The van der Waals surface area contributed by atoms with Gasteiger partial charge in [-0.2, -0.15) is 0 Å². The van der Waals surface area contributed by atoms with Gasteiger partial charge in [0.2, 0.25) is 11.8 Å². The molecule has 162 valence electrons. The van der Waals surface area contributed by atoms with E-state index in [1.807, 2.05) is 37.3 Å². The van der Waals surface area contributed by atoms with Crippen molar-refractivity contribution in [2.45, 2.75) is 20.3 Å². The summed E-state index contributed by atoms with van der Waals surface area (Å²) in [6, 6.07) is 14.8. The second kappa shape index (κ2) is 9.38. The van der Waals surface area contributed by atoms with Crippen LogP contribution in [0.2, 0.25) is 5.02 Å². The average Bonchev–Trinajstić information content (AvgIpc) is 3.40. The van der Waals surface area contributed by atoms with Crippen LogP contribution < -0.4 is 10.6 Å². The molecule has 0 bridgehead atoms. The Morgan fingerprint density at radius 2 is 1.97 bits per heavy atom. The third-order valence-electron chi connectivity index (χ3n) is 4.71. The van der Waals surface area contributed by atoms with Crippen molar-refractivity contribution in [1.29, 1.82) is 0 Å². The van der Waals surface area contributed by atoms with Crippen LogP contribution >= 0.6 is 22.9 Å². The van der Waals surface area contributed by atoms with Crippen LogP contribution in [0.3, 0.4) is 0 Å². The van der Waals surface area contributed by atoms with Crippen molar-refractivity contribution in [3.05, 3.63) is 71.0 Å². The van der Waals surface area contributed by atoms with Crippen LogP contribution in [0.15, 0.2) is 59.0 Å². The lowest BCUT2D eigenvalue weighted by molar-refractivity contribution is -0.116. The molecule has 0 aliphatic carbocycles. The lowest BCUT2D eigenvalue weighted by Crippen LogP contribution is -2.08. The van der Waals surface area contributed by atoms with Gasteiger partial charge in [-0.15, -0.1) is 0 Å². The zero-order valence-corrected chi connectivity index (χ0v) is 19.0. The number of thiazole rings is 1. The summed E-state index contributed by atoms with van der Waals surface area (Å²) >= 11 is 7.54. The van der Waals surface area contributed by atoms with Gasteiger partial charge >= 0.3 is 0 Å². The average molecular weight is 466 g/mol. The summed E-state index contributed by atoms with van der Waals surface area (Å²) in [7, 11) is 0. The first-order valence-electron chi connectivity index (χ1n) is 9.97. The molecule has 0 saturated carbocycles. The maximum Gasteiger partial charge on any atom is 0.248 e. The molecule has 2 N–H and O–H groups in total. The third-order valence-corrected chi connectivity index (χ3v) is 6.05. The van der Waals surface area contributed by atoms with Gasteiger partial charge in [0.05, 0.1) is 10.2 Å². The topological polar surface area (TPSA) is 84.2 Å². The molecule has 0 radical (unpaired) electrons. The molecule has 2 heterocycles. The second-order valence-electron chi connectivity index (χ2n) is 7.09. The van der Waals surface area contributed by atoms with E-state index in [1.54, 1.807) is 31.2 Å². The van der Waals surface area contributed by atoms with Gasteiger partial charge in [-0.05, 0) is 55.0 Å². The molecular formula is C24H20ClN3O3S. The number of hydrogen-bond acceptors (Lipinski definition) is 5. The molecule has 4 aromatic rings. The fraction of sp³-hybridized carbons (Fsp3) is 0.125. The lowest BCUT2D eigenvalue weighted by atomic mass is 10.1. The van der Waals surface area contributed by atoms with Crippen LogP contribution in [0.5, 0.6) is 0 Å². The summed E-state index contributed by atoms with van der Waals surface area (Å²) in [4.78, 5) is 28.3. The van der Waals surface area contributed by atoms with Crippen LogP contribution in [0.4, 0.5) is 10.8 Å². The number of hydrogen-bond donors (Lipinski definition) is 2. The van der Waals surface area contributed by atoms with Gasteiger partial charge in [0.1, 0.15) is 11.5 Å². The number of nitrogens with one attached hydrogen (secondary N) is 2. The number of furan rings is 1. The number of amides is 2. The van der Waals surface area contributed by atoms with Crippen LogP contribution in [0, 0.1) is 6.92 Å². The first-order chi connectivity index (χ1) is 15.4. The quantitative estimate of drug-likeness (QED) is 0.317.